The van der Waals surface area contributed by atoms with Crippen LogP contribution < -0.4 is 15.0 Å². The smallest absolute Gasteiger partial charge is 0.296 e. The second-order valence-electron chi connectivity index (χ2n) is 8.52. The predicted octanol–water partition coefficient (Wildman–Crippen LogP) is 1.97. The van der Waals surface area contributed by atoms with E-state index < -0.39 is 0 Å². The number of anilines is 1. The Hall–Kier alpha value is -4.06. The first-order chi connectivity index (χ1) is 16.6. The zero-order valence-corrected chi connectivity index (χ0v) is 19.0. The molecule has 1 unspecified atom stereocenters. The van der Waals surface area contributed by atoms with Crippen molar-refractivity contribution in [2.24, 2.45) is 0 Å². The van der Waals surface area contributed by atoms with Crippen LogP contribution in [0.15, 0.2) is 42.9 Å². The van der Waals surface area contributed by atoms with E-state index in [9.17, 15) is 9.59 Å². The van der Waals surface area contributed by atoms with E-state index in [0.29, 0.717) is 42.0 Å². The van der Waals surface area contributed by atoms with Crippen molar-refractivity contribution in [1.82, 2.24) is 25.2 Å². The van der Waals surface area contributed by atoms with Gasteiger partial charge in [0.1, 0.15) is 29.6 Å². The Bertz CT molecular complexity index is 1260. The fourth-order valence-electron chi connectivity index (χ4n) is 4.52. The van der Waals surface area contributed by atoms with Crippen molar-refractivity contribution in [3.05, 3.63) is 48.4 Å². The monoisotopic (exact) mass is 458 g/mol. The Morgan fingerprint density at radius 3 is 2.79 bits per heavy atom. The van der Waals surface area contributed by atoms with Crippen molar-refractivity contribution in [1.29, 1.82) is 0 Å². The average molecular weight is 459 g/mol. The predicted molar refractivity (Wildman–Crippen MR) is 127 cm³/mol. The minimum absolute atomic E-state index is 0.0232. The number of aromatic amines is 1. The standard InChI is InChI=1S/C25H26N6O3/c1-2-7-21(32)29-17-8-6-11-30(13-17)24-22-20(12-26-23(22)27-16-28-24)25(33)31-14-19(15-31)34-18-9-4-3-5-10-18/h3-5,9-10,12,16-17,19H,6,8,11,13-15H2,1H3,(H,29,32)(H,26,27,28). The van der Waals surface area contributed by atoms with E-state index in [-0.39, 0.29) is 24.0 Å². The first kappa shape index (κ1) is 21.8. The minimum Gasteiger partial charge on any atom is -0.487 e. The normalized spacial score (nSPS) is 18.1. The first-order valence-electron chi connectivity index (χ1n) is 11.4. The summed E-state index contributed by atoms with van der Waals surface area (Å²) in [5, 5.41) is 3.67. The number of amides is 2. The average Bonchev–Trinajstić information content (AvgIpc) is 3.26. The van der Waals surface area contributed by atoms with Crippen LogP contribution in [0.5, 0.6) is 5.75 Å². The summed E-state index contributed by atoms with van der Waals surface area (Å²) in [7, 11) is 0. The van der Waals surface area contributed by atoms with Crippen LogP contribution in [-0.2, 0) is 4.79 Å². The fourth-order valence-corrected chi connectivity index (χ4v) is 4.52. The van der Waals surface area contributed by atoms with E-state index in [1.807, 2.05) is 30.3 Å². The number of ether oxygens (including phenoxy) is 1. The molecule has 0 saturated carbocycles. The highest BCUT2D eigenvalue weighted by Crippen LogP contribution is 2.30. The molecular weight excluding hydrogens is 432 g/mol. The summed E-state index contributed by atoms with van der Waals surface area (Å²) in [6.45, 7) is 4.08. The topological polar surface area (TPSA) is 103 Å². The van der Waals surface area contributed by atoms with Gasteiger partial charge in [0.2, 0.25) is 0 Å². The Balaban J connectivity index is 1.31. The maximum atomic E-state index is 13.3. The lowest BCUT2D eigenvalue weighted by Crippen LogP contribution is -2.56. The number of para-hydroxylation sites is 1. The Kier molecular flexibility index (Phi) is 6.04. The quantitative estimate of drug-likeness (QED) is 0.567. The lowest BCUT2D eigenvalue weighted by atomic mass is 10.0. The molecular formula is C25H26N6O3. The second-order valence-corrected chi connectivity index (χ2v) is 8.52. The molecule has 0 spiro atoms. The van der Waals surface area contributed by atoms with Crippen molar-refractivity contribution >= 4 is 28.7 Å². The third-order valence-electron chi connectivity index (χ3n) is 6.16. The zero-order chi connectivity index (χ0) is 23.5. The Morgan fingerprint density at radius 1 is 1.18 bits per heavy atom. The van der Waals surface area contributed by atoms with Gasteiger partial charge in [0.05, 0.1) is 24.0 Å². The van der Waals surface area contributed by atoms with E-state index in [4.69, 9.17) is 4.74 Å². The summed E-state index contributed by atoms with van der Waals surface area (Å²) in [4.78, 5) is 41.1. The van der Waals surface area contributed by atoms with Crippen LogP contribution in [0.4, 0.5) is 5.82 Å². The molecule has 2 aliphatic rings. The molecule has 0 aliphatic carbocycles. The van der Waals surface area contributed by atoms with Crippen molar-refractivity contribution in [3.63, 3.8) is 0 Å². The molecule has 1 atom stereocenters. The van der Waals surface area contributed by atoms with Gasteiger partial charge in [-0.2, -0.15) is 0 Å². The number of H-pyrrole nitrogens is 1. The Morgan fingerprint density at radius 2 is 2.00 bits per heavy atom. The minimum atomic E-state index is -0.273. The molecule has 2 fully saturated rings. The van der Waals surface area contributed by atoms with Crippen molar-refractivity contribution < 1.29 is 14.3 Å². The molecule has 2 aromatic heterocycles. The van der Waals surface area contributed by atoms with E-state index in [1.54, 1.807) is 18.0 Å². The number of hydrogen-bond donors (Lipinski definition) is 2. The largest absolute Gasteiger partial charge is 0.487 e. The highest BCUT2D eigenvalue weighted by atomic mass is 16.5. The van der Waals surface area contributed by atoms with E-state index in [2.05, 4.69) is 37.0 Å². The van der Waals surface area contributed by atoms with Gasteiger partial charge in [0, 0.05) is 25.3 Å². The highest BCUT2D eigenvalue weighted by Gasteiger charge is 2.35. The van der Waals surface area contributed by atoms with Gasteiger partial charge in [-0.15, -0.1) is 0 Å². The molecule has 2 aliphatic heterocycles. The number of nitrogens with zero attached hydrogens (tertiary/aromatic N) is 4. The molecule has 2 amide bonds. The van der Waals surface area contributed by atoms with Gasteiger partial charge in [0.15, 0.2) is 0 Å². The number of rotatable bonds is 5. The highest BCUT2D eigenvalue weighted by molar-refractivity contribution is 6.10. The van der Waals surface area contributed by atoms with Crippen molar-refractivity contribution in [2.75, 3.05) is 31.1 Å². The number of likely N-dealkylation sites (tertiary alicyclic amines) is 1. The fraction of sp³-hybridized carbons (Fsp3) is 0.360. The van der Waals surface area contributed by atoms with Crippen LogP contribution in [0, 0.1) is 11.8 Å². The number of fused-ring (bicyclic) bond motifs is 1. The van der Waals surface area contributed by atoms with Gasteiger partial charge in [-0.3, -0.25) is 9.59 Å². The molecule has 174 valence electrons. The van der Waals surface area contributed by atoms with Gasteiger partial charge in [-0.25, -0.2) is 9.97 Å². The van der Waals surface area contributed by atoms with Crippen molar-refractivity contribution in [2.45, 2.75) is 31.9 Å². The number of nitrogens with one attached hydrogen (secondary N) is 2. The van der Waals surface area contributed by atoms with Crippen molar-refractivity contribution in [3.8, 4) is 17.6 Å². The maximum absolute atomic E-state index is 13.3. The third kappa shape index (κ3) is 4.39. The second kappa shape index (κ2) is 9.43. The first-order valence-corrected chi connectivity index (χ1v) is 11.4. The molecule has 2 N–H and O–H groups in total. The van der Waals surface area contributed by atoms with Gasteiger partial charge >= 0.3 is 0 Å². The summed E-state index contributed by atoms with van der Waals surface area (Å²) in [5.74, 6) is 6.32. The van der Waals surface area contributed by atoms with Crippen LogP contribution in [-0.4, -0.2) is 70.0 Å². The molecule has 0 radical (unpaired) electrons. The van der Waals surface area contributed by atoms with E-state index >= 15 is 0 Å². The molecule has 9 heteroatoms. The van der Waals surface area contributed by atoms with E-state index in [1.165, 1.54) is 6.33 Å². The lowest BCUT2D eigenvalue weighted by Gasteiger charge is -2.39. The number of aromatic nitrogens is 3. The van der Waals surface area contributed by atoms with Crippen LogP contribution in [0.2, 0.25) is 0 Å². The molecule has 1 aromatic carbocycles. The van der Waals surface area contributed by atoms with Gasteiger partial charge in [-0.05, 0) is 37.8 Å². The Labute approximate surface area is 197 Å². The third-order valence-corrected chi connectivity index (χ3v) is 6.16. The SMILES string of the molecule is CC#CC(=O)NC1CCCN(c2ncnc3[nH]cc(C(=O)N4CC(Oc5ccccc5)C4)c23)C1. The summed E-state index contributed by atoms with van der Waals surface area (Å²) in [6, 6.07) is 9.60. The molecule has 5 rings (SSSR count). The summed E-state index contributed by atoms with van der Waals surface area (Å²) >= 11 is 0. The summed E-state index contributed by atoms with van der Waals surface area (Å²) in [6.07, 6.45) is 4.95. The number of piperidine rings is 1. The molecule has 3 aromatic rings. The van der Waals surface area contributed by atoms with Gasteiger partial charge < -0.3 is 24.8 Å². The molecule has 2 saturated heterocycles. The van der Waals surface area contributed by atoms with Crippen LogP contribution >= 0.6 is 0 Å². The van der Waals surface area contributed by atoms with Crippen LogP contribution in [0.25, 0.3) is 11.0 Å². The van der Waals surface area contributed by atoms with Crippen LogP contribution in [0.3, 0.4) is 0 Å². The molecule has 0 bridgehead atoms. The molecule has 4 heterocycles. The van der Waals surface area contributed by atoms with Gasteiger partial charge in [-0.1, -0.05) is 24.1 Å². The summed E-state index contributed by atoms with van der Waals surface area (Å²) in [5.41, 5.74) is 1.17. The zero-order valence-electron chi connectivity index (χ0n) is 19.0. The summed E-state index contributed by atoms with van der Waals surface area (Å²) < 4.78 is 5.94. The number of carbonyl (C=O) groups is 2. The lowest BCUT2D eigenvalue weighted by molar-refractivity contribution is -0.116. The number of hydrogen-bond acceptors (Lipinski definition) is 6. The number of carbonyl (C=O) groups excluding carboxylic acids is 2. The van der Waals surface area contributed by atoms with Gasteiger partial charge in [0.25, 0.3) is 11.8 Å². The molecule has 34 heavy (non-hydrogen) atoms. The number of benzene rings is 1. The van der Waals surface area contributed by atoms with E-state index in [0.717, 1.165) is 25.1 Å². The molecule has 9 nitrogen and oxygen atoms in total. The maximum Gasteiger partial charge on any atom is 0.296 e. The van der Waals surface area contributed by atoms with Crippen LogP contribution in [0.1, 0.15) is 30.1 Å².